The number of anilines is 2. The zero-order valence-corrected chi connectivity index (χ0v) is 10.6. The van der Waals surface area contributed by atoms with Gasteiger partial charge in [0.05, 0.1) is 5.69 Å². The van der Waals surface area contributed by atoms with E-state index in [-0.39, 0.29) is 0 Å². The Morgan fingerprint density at radius 2 is 1.67 bits per heavy atom. The van der Waals surface area contributed by atoms with Crippen molar-refractivity contribution in [3.05, 3.63) is 60.2 Å². The van der Waals surface area contributed by atoms with Crippen molar-refractivity contribution in [2.75, 3.05) is 5.32 Å². The number of hydrogen-bond donors (Lipinski definition) is 1. The van der Waals surface area contributed by atoms with E-state index in [0.717, 1.165) is 29.8 Å². The summed E-state index contributed by atoms with van der Waals surface area (Å²) in [5, 5.41) is 3.40. The Balaban J connectivity index is 2.21. The Morgan fingerprint density at radius 3 is 2.44 bits per heavy atom. The number of nitrogens with one attached hydrogen (secondary N) is 1. The zero-order valence-electron chi connectivity index (χ0n) is 10.6. The molecule has 1 N–H and O–H groups in total. The summed E-state index contributed by atoms with van der Waals surface area (Å²) in [6.07, 6.45) is 2.04. The molecule has 0 fully saturated rings. The Kier molecular flexibility index (Phi) is 4.44. The van der Waals surface area contributed by atoms with E-state index in [0.29, 0.717) is 0 Å². The van der Waals surface area contributed by atoms with E-state index in [1.54, 1.807) is 0 Å². The van der Waals surface area contributed by atoms with Crippen LogP contribution in [0.5, 0.6) is 0 Å². The van der Waals surface area contributed by atoms with E-state index in [4.69, 9.17) is 0 Å². The van der Waals surface area contributed by atoms with Gasteiger partial charge in [-0.15, -0.1) is 0 Å². The van der Waals surface area contributed by atoms with Gasteiger partial charge in [0.1, 0.15) is 0 Å². The van der Waals surface area contributed by atoms with Crippen LogP contribution in [-0.4, -0.2) is 0 Å². The molecule has 0 bridgehead atoms. The molecule has 0 unspecified atom stereocenters. The van der Waals surface area contributed by atoms with Crippen LogP contribution in [0, 0.1) is 11.8 Å². The monoisotopic (exact) mass is 235 g/mol. The van der Waals surface area contributed by atoms with Gasteiger partial charge < -0.3 is 5.32 Å². The highest BCUT2D eigenvalue weighted by molar-refractivity contribution is 5.67. The molecule has 0 saturated carbocycles. The summed E-state index contributed by atoms with van der Waals surface area (Å²) < 4.78 is 0. The third kappa shape index (κ3) is 3.40. The van der Waals surface area contributed by atoms with Crippen molar-refractivity contribution < 1.29 is 0 Å². The number of unbranched alkanes of at least 4 members (excludes halogenated alkanes) is 1. The normalized spacial score (nSPS) is 9.39. The third-order valence-corrected chi connectivity index (χ3v) is 2.58. The first-order chi connectivity index (χ1) is 8.90. The molecular formula is C17H17N. The fraction of sp³-hybridized carbons (Fsp3) is 0.176. The van der Waals surface area contributed by atoms with Crippen LogP contribution in [-0.2, 0) is 0 Å². The molecule has 2 aromatic rings. The molecule has 0 amide bonds. The van der Waals surface area contributed by atoms with Crippen molar-refractivity contribution in [3.63, 3.8) is 0 Å². The molecule has 0 aliphatic heterocycles. The first-order valence-corrected chi connectivity index (χ1v) is 6.30. The summed E-state index contributed by atoms with van der Waals surface area (Å²) in [5.74, 6) is 6.41. The minimum atomic E-state index is 0.944. The topological polar surface area (TPSA) is 12.0 Å². The second kappa shape index (κ2) is 6.51. The highest BCUT2D eigenvalue weighted by atomic mass is 14.9. The first-order valence-electron chi connectivity index (χ1n) is 6.30. The van der Waals surface area contributed by atoms with Crippen LogP contribution < -0.4 is 5.32 Å². The molecule has 0 heterocycles. The van der Waals surface area contributed by atoms with E-state index in [9.17, 15) is 0 Å². The van der Waals surface area contributed by atoms with Crippen molar-refractivity contribution in [3.8, 4) is 11.8 Å². The van der Waals surface area contributed by atoms with Crippen LogP contribution in [0.4, 0.5) is 11.4 Å². The zero-order chi connectivity index (χ0) is 12.6. The molecule has 90 valence electrons. The Morgan fingerprint density at radius 1 is 0.944 bits per heavy atom. The van der Waals surface area contributed by atoms with E-state index in [1.165, 1.54) is 0 Å². The minimum absolute atomic E-state index is 0.944. The summed E-state index contributed by atoms with van der Waals surface area (Å²) in [5.41, 5.74) is 3.20. The Labute approximate surface area is 109 Å². The predicted molar refractivity (Wildman–Crippen MR) is 78.0 cm³/mol. The van der Waals surface area contributed by atoms with Gasteiger partial charge in [-0.25, -0.2) is 0 Å². The first kappa shape index (κ1) is 12.3. The van der Waals surface area contributed by atoms with Crippen molar-refractivity contribution >= 4 is 11.4 Å². The van der Waals surface area contributed by atoms with Gasteiger partial charge in [-0.2, -0.15) is 0 Å². The lowest BCUT2D eigenvalue weighted by molar-refractivity contribution is 0.983. The van der Waals surface area contributed by atoms with Crippen LogP contribution in [0.2, 0.25) is 0 Å². The molecular weight excluding hydrogens is 218 g/mol. The maximum absolute atomic E-state index is 3.40. The summed E-state index contributed by atoms with van der Waals surface area (Å²) in [7, 11) is 0. The highest BCUT2D eigenvalue weighted by Crippen LogP contribution is 2.19. The molecule has 0 aliphatic rings. The van der Waals surface area contributed by atoms with E-state index < -0.39 is 0 Å². The molecule has 1 nitrogen and oxygen atoms in total. The second-order valence-corrected chi connectivity index (χ2v) is 4.09. The summed E-state index contributed by atoms with van der Waals surface area (Å²) in [6.45, 7) is 2.14. The van der Waals surface area contributed by atoms with E-state index in [2.05, 4.69) is 42.3 Å². The maximum Gasteiger partial charge on any atom is 0.0543 e. The van der Waals surface area contributed by atoms with Crippen LogP contribution in [0.3, 0.4) is 0 Å². The standard InChI is InChI=1S/C17H17N/c1-2-3-5-10-15-11-8-9-14-17(15)18-16-12-6-4-7-13-16/h4,6-9,11-14,18H,2-3H2,1H3. The van der Waals surface area contributed by atoms with Gasteiger partial charge >= 0.3 is 0 Å². The lowest BCUT2D eigenvalue weighted by atomic mass is 10.1. The Hall–Kier alpha value is -2.20. The van der Waals surface area contributed by atoms with Crippen molar-refractivity contribution in [2.45, 2.75) is 19.8 Å². The predicted octanol–water partition coefficient (Wildman–Crippen LogP) is 4.58. The molecule has 2 aromatic carbocycles. The van der Waals surface area contributed by atoms with Crippen LogP contribution in [0.1, 0.15) is 25.3 Å². The van der Waals surface area contributed by atoms with E-state index >= 15 is 0 Å². The Bertz CT molecular complexity index is 547. The molecule has 0 aromatic heterocycles. The van der Waals surface area contributed by atoms with Crippen LogP contribution in [0.15, 0.2) is 54.6 Å². The lowest BCUT2D eigenvalue weighted by Crippen LogP contribution is -1.92. The average molecular weight is 235 g/mol. The van der Waals surface area contributed by atoms with Gasteiger partial charge in [-0.3, -0.25) is 0 Å². The van der Waals surface area contributed by atoms with Crippen molar-refractivity contribution in [1.82, 2.24) is 0 Å². The quantitative estimate of drug-likeness (QED) is 0.768. The SMILES string of the molecule is CCCC#Cc1ccccc1Nc1ccccc1. The lowest BCUT2D eigenvalue weighted by Gasteiger charge is -2.08. The highest BCUT2D eigenvalue weighted by Gasteiger charge is 1.98. The number of hydrogen-bond acceptors (Lipinski definition) is 1. The van der Waals surface area contributed by atoms with Crippen LogP contribution >= 0.6 is 0 Å². The third-order valence-electron chi connectivity index (χ3n) is 2.58. The van der Waals surface area contributed by atoms with Crippen molar-refractivity contribution in [2.24, 2.45) is 0 Å². The summed E-state index contributed by atoms with van der Waals surface area (Å²) in [4.78, 5) is 0. The smallest absolute Gasteiger partial charge is 0.0543 e. The number of rotatable bonds is 3. The maximum atomic E-state index is 3.40. The average Bonchev–Trinajstić information content (AvgIpc) is 2.42. The van der Waals surface area contributed by atoms with Gasteiger partial charge in [-0.1, -0.05) is 49.1 Å². The second-order valence-electron chi connectivity index (χ2n) is 4.09. The van der Waals surface area contributed by atoms with Gasteiger partial charge in [-0.05, 0) is 30.7 Å². The molecule has 0 atom stereocenters. The minimum Gasteiger partial charge on any atom is -0.355 e. The molecule has 0 radical (unpaired) electrons. The summed E-state index contributed by atoms with van der Waals surface area (Å²) in [6, 6.07) is 18.3. The van der Waals surface area contributed by atoms with Gasteiger partial charge in [0.2, 0.25) is 0 Å². The van der Waals surface area contributed by atoms with Gasteiger partial charge in [0.25, 0.3) is 0 Å². The molecule has 2 rings (SSSR count). The molecule has 0 aliphatic carbocycles. The fourth-order valence-corrected chi connectivity index (χ4v) is 1.66. The van der Waals surface area contributed by atoms with Crippen molar-refractivity contribution in [1.29, 1.82) is 0 Å². The molecule has 0 spiro atoms. The largest absolute Gasteiger partial charge is 0.355 e. The fourth-order valence-electron chi connectivity index (χ4n) is 1.66. The number of benzene rings is 2. The molecule has 0 saturated heterocycles. The molecule has 18 heavy (non-hydrogen) atoms. The summed E-state index contributed by atoms with van der Waals surface area (Å²) >= 11 is 0. The van der Waals surface area contributed by atoms with Gasteiger partial charge in [0, 0.05) is 17.7 Å². The number of para-hydroxylation sites is 2. The van der Waals surface area contributed by atoms with Crippen LogP contribution in [0.25, 0.3) is 0 Å². The van der Waals surface area contributed by atoms with E-state index in [1.807, 2.05) is 36.4 Å². The molecule has 1 heteroatoms. The van der Waals surface area contributed by atoms with Gasteiger partial charge in [0.15, 0.2) is 0 Å².